The molecule has 3 aromatic heterocycles. The van der Waals surface area contributed by atoms with Gasteiger partial charge in [0.1, 0.15) is 11.9 Å². The van der Waals surface area contributed by atoms with Gasteiger partial charge in [-0.3, -0.25) is 13.9 Å². The van der Waals surface area contributed by atoms with Crippen LogP contribution in [0.1, 0.15) is 5.56 Å². The summed E-state index contributed by atoms with van der Waals surface area (Å²) in [5.74, 6) is 0.741. The summed E-state index contributed by atoms with van der Waals surface area (Å²) in [6, 6.07) is 18.2. The highest BCUT2D eigenvalue weighted by molar-refractivity contribution is 9.10. The zero-order chi connectivity index (χ0) is 21.0. The Morgan fingerprint density at radius 3 is 2.37 bits per heavy atom. The largest absolute Gasteiger partial charge is 0.369 e. The molecule has 2 aromatic carbocycles. The van der Waals surface area contributed by atoms with E-state index in [9.17, 15) is 9.59 Å². The smallest absolute Gasteiger partial charge is 0.267 e. The number of nitrogens with zero attached hydrogens (tertiary/aromatic N) is 4. The third kappa shape index (κ3) is 2.75. The van der Waals surface area contributed by atoms with Crippen LogP contribution < -0.4 is 15.6 Å². The van der Waals surface area contributed by atoms with E-state index in [4.69, 9.17) is 0 Å². The first-order valence-electron chi connectivity index (χ1n) is 9.48. The number of H-pyrrole nitrogens is 1. The molecule has 0 bridgehead atoms. The van der Waals surface area contributed by atoms with Crippen molar-refractivity contribution in [2.24, 2.45) is 14.1 Å². The third-order valence-corrected chi connectivity index (χ3v) is 5.99. The Morgan fingerprint density at radius 1 is 0.967 bits per heavy atom. The Kier molecular flexibility index (Phi) is 4.25. The second-order valence-electron chi connectivity index (χ2n) is 7.31. The van der Waals surface area contributed by atoms with Gasteiger partial charge in [-0.2, -0.15) is 4.40 Å². The minimum absolute atomic E-state index is 0.330. The molecule has 5 aromatic rings. The maximum absolute atomic E-state index is 12.9. The number of aromatic nitrogens is 5. The Balaban J connectivity index is 1.87. The Morgan fingerprint density at radius 2 is 1.67 bits per heavy atom. The maximum Gasteiger partial charge on any atom is 0.369 e. The number of aromatic amines is 1. The Bertz CT molecular complexity index is 1520. The molecule has 7 nitrogen and oxygen atoms in total. The van der Waals surface area contributed by atoms with Crippen molar-refractivity contribution in [3.63, 3.8) is 0 Å². The number of halogens is 1. The van der Waals surface area contributed by atoms with E-state index in [1.165, 1.54) is 11.6 Å². The van der Waals surface area contributed by atoms with E-state index in [2.05, 4.69) is 37.6 Å². The molecule has 1 N–H and O–H groups in total. The zero-order valence-corrected chi connectivity index (χ0v) is 18.0. The molecule has 0 atom stereocenters. The first-order chi connectivity index (χ1) is 14.5. The number of hydrogen-bond donors (Lipinski definition) is 1. The van der Waals surface area contributed by atoms with E-state index >= 15 is 0 Å². The van der Waals surface area contributed by atoms with Gasteiger partial charge in [-0.25, -0.2) is 14.3 Å². The molecular formula is C22H19BrN5O2+. The number of imidazole rings is 2. The molecule has 0 aliphatic carbocycles. The molecule has 8 heteroatoms. The predicted molar refractivity (Wildman–Crippen MR) is 119 cm³/mol. The average Bonchev–Trinajstić information content (AvgIpc) is 3.29. The lowest BCUT2D eigenvalue weighted by Crippen LogP contribution is -2.39. The van der Waals surface area contributed by atoms with Crippen LogP contribution in [0.2, 0.25) is 0 Å². The van der Waals surface area contributed by atoms with Crippen molar-refractivity contribution in [2.75, 3.05) is 0 Å². The van der Waals surface area contributed by atoms with E-state index in [0.717, 1.165) is 31.6 Å². The van der Waals surface area contributed by atoms with Crippen LogP contribution in [0.25, 0.3) is 28.2 Å². The van der Waals surface area contributed by atoms with Crippen molar-refractivity contribution in [1.29, 1.82) is 0 Å². The number of fused-ring (bicyclic) bond motifs is 3. The van der Waals surface area contributed by atoms with Gasteiger partial charge in [0, 0.05) is 24.1 Å². The van der Waals surface area contributed by atoms with Crippen molar-refractivity contribution in [3.8, 4) is 11.3 Å². The summed E-state index contributed by atoms with van der Waals surface area (Å²) in [6.07, 6.45) is 1.95. The highest BCUT2D eigenvalue weighted by atomic mass is 79.9. The van der Waals surface area contributed by atoms with Crippen LogP contribution in [-0.2, 0) is 20.6 Å². The highest BCUT2D eigenvalue weighted by Gasteiger charge is 2.26. The lowest BCUT2D eigenvalue weighted by Gasteiger charge is -2.05. The summed E-state index contributed by atoms with van der Waals surface area (Å²) in [5.41, 5.74) is 3.39. The van der Waals surface area contributed by atoms with Gasteiger partial charge in [0.15, 0.2) is 0 Å². The maximum atomic E-state index is 12.9. The number of rotatable bonds is 3. The van der Waals surface area contributed by atoms with E-state index in [1.54, 1.807) is 7.05 Å². The molecule has 0 radical (unpaired) electrons. The summed E-state index contributed by atoms with van der Waals surface area (Å²) < 4.78 is 7.58. The molecule has 0 spiro atoms. The normalized spacial score (nSPS) is 11.6. The van der Waals surface area contributed by atoms with Crippen LogP contribution in [0.3, 0.4) is 0 Å². The monoisotopic (exact) mass is 464 g/mol. The van der Waals surface area contributed by atoms with Crippen molar-refractivity contribution >= 4 is 32.9 Å². The number of benzene rings is 2. The molecule has 0 fully saturated rings. The Hall–Kier alpha value is -3.39. The van der Waals surface area contributed by atoms with E-state index in [-0.39, 0.29) is 11.2 Å². The van der Waals surface area contributed by atoms with Crippen molar-refractivity contribution in [2.45, 2.75) is 6.54 Å². The summed E-state index contributed by atoms with van der Waals surface area (Å²) in [5, 5.41) is 0. The van der Waals surface area contributed by atoms with Crippen molar-refractivity contribution in [1.82, 2.24) is 18.7 Å². The van der Waals surface area contributed by atoms with Crippen LogP contribution in [0.15, 0.2) is 74.9 Å². The lowest BCUT2D eigenvalue weighted by atomic mass is 10.1. The molecular weight excluding hydrogens is 446 g/mol. The van der Waals surface area contributed by atoms with Gasteiger partial charge >= 0.3 is 11.5 Å². The molecule has 0 amide bonds. The van der Waals surface area contributed by atoms with Crippen LogP contribution in [-0.4, -0.2) is 18.7 Å². The number of aryl methyl sites for hydroxylation is 1. The fraction of sp³-hybridized carbons (Fsp3) is 0.136. The van der Waals surface area contributed by atoms with Crippen LogP contribution in [0.5, 0.6) is 0 Å². The number of nitrogens with one attached hydrogen (secondary N) is 1. The van der Waals surface area contributed by atoms with Gasteiger partial charge in [-0.05, 0) is 17.7 Å². The predicted octanol–water partition coefficient (Wildman–Crippen LogP) is 2.58. The molecule has 150 valence electrons. The standard InChI is InChI=1S/C22H18BrN5O2/c1-25-19-18(20(29)26(2)22(25)30)28-13-17(15-8-10-16(23)11-9-15)27(21(28)24-19)12-14-6-4-3-5-7-14/h3-11,13H,12H2,1-2H3/p+1. The zero-order valence-electron chi connectivity index (χ0n) is 16.5. The van der Waals surface area contributed by atoms with Gasteiger partial charge in [-0.1, -0.05) is 58.4 Å². The minimum atomic E-state index is -0.361. The van der Waals surface area contributed by atoms with Crippen LogP contribution in [0.4, 0.5) is 0 Å². The quantitative estimate of drug-likeness (QED) is 0.417. The third-order valence-electron chi connectivity index (χ3n) is 5.46. The second-order valence-corrected chi connectivity index (χ2v) is 8.23. The molecule has 5 rings (SSSR count). The molecule has 0 aliphatic heterocycles. The fourth-order valence-electron chi connectivity index (χ4n) is 3.87. The van der Waals surface area contributed by atoms with Crippen molar-refractivity contribution in [3.05, 3.63) is 91.7 Å². The van der Waals surface area contributed by atoms with Gasteiger partial charge < -0.3 is 0 Å². The first-order valence-corrected chi connectivity index (χ1v) is 10.3. The minimum Gasteiger partial charge on any atom is -0.267 e. The van der Waals surface area contributed by atoms with Crippen LogP contribution >= 0.6 is 15.9 Å². The summed E-state index contributed by atoms with van der Waals surface area (Å²) in [7, 11) is 3.16. The molecule has 30 heavy (non-hydrogen) atoms. The number of hydrogen-bond acceptors (Lipinski definition) is 2. The van der Waals surface area contributed by atoms with Gasteiger partial charge in [0.05, 0.1) is 6.54 Å². The topological polar surface area (TPSA) is 68.8 Å². The van der Waals surface area contributed by atoms with E-state index in [1.807, 2.05) is 53.1 Å². The lowest BCUT2D eigenvalue weighted by molar-refractivity contribution is -0.480. The molecule has 0 saturated heterocycles. The SMILES string of the molecule is Cn1c(=O)c2c([nH]c3n(Cc4ccccc4)c(-c4ccc(Br)cc4)c[n+]23)n(C)c1=O. The van der Waals surface area contributed by atoms with Gasteiger partial charge in [-0.15, -0.1) is 0 Å². The molecule has 3 heterocycles. The summed E-state index contributed by atoms with van der Waals surface area (Å²) in [4.78, 5) is 28.6. The van der Waals surface area contributed by atoms with Gasteiger partial charge in [0.2, 0.25) is 11.2 Å². The van der Waals surface area contributed by atoms with E-state index < -0.39 is 0 Å². The molecule has 0 aliphatic rings. The molecule has 0 saturated carbocycles. The van der Waals surface area contributed by atoms with Crippen LogP contribution in [0, 0.1) is 0 Å². The molecule has 0 unspecified atom stereocenters. The fourth-order valence-corrected chi connectivity index (χ4v) is 4.13. The average molecular weight is 465 g/mol. The summed E-state index contributed by atoms with van der Waals surface area (Å²) >= 11 is 3.49. The second kappa shape index (κ2) is 6.84. The first kappa shape index (κ1) is 18.6. The Labute approximate surface area is 179 Å². The van der Waals surface area contributed by atoms with Gasteiger partial charge in [0.25, 0.3) is 5.56 Å². The summed E-state index contributed by atoms with van der Waals surface area (Å²) in [6.45, 7) is 0.615. The highest BCUT2D eigenvalue weighted by Crippen LogP contribution is 2.24. The van der Waals surface area contributed by atoms with E-state index in [0.29, 0.717) is 17.7 Å². The van der Waals surface area contributed by atoms with Crippen molar-refractivity contribution < 1.29 is 4.40 Å².